The fraction of sp³-hybridized carbons (Fsp3) is 0.364. The number of nitrogens with one attached hydrogen (secondary N) is 2. The lowest BCUT2D eigenvalue weighted by Crippen LogP contribution is -2.39. The summed E-state index contributed by atoms with van der Waals surface area (Å²) in [4.78, 5) is 8.79. The van der Waals surface area contributed by atoms with Gasteiger partial charge in [-0.3, -0.25) is 4.99 Å². The van der Waals surface area contributed by atoms with Crippen molar-refractivity contribution in [2.24, 2.45) is 4.99 Å². The molecule has 0 bridgehead atoms. The van der Waals surface area contributed by atoms with Crippen LogP contribution in [0.4, 0.5) is 0 Å². The molecular formula is C22H28N4O3. The molecule has 0 radical (unpaired) electrons. The molecule has 7 nitrogen and oxygen atoms in total. The molecular weight excluding hydrogens is 368 g/mol. The van der Waals surface area contributed by atoms with Crippen molar-refractivity contribution in [3.8, 4) is 11.5 Å². The first-order valence-electron chi connectivity index (χ1n) is 9.80. The van der Waals surface area contributed by atoms with Crippen molar-refractivity contribution in [1.82, 2.24) is 15.6 Å². The van der Waals surface area contributed by atoms with Crippen LogP contribution in [0.2, 0.25) is 0 Å². The number of nitrogens with zero attached hydrogens (tertiary/aromatic N) is 2. The van der Waals surface area contributed by atoms with E-state index in [1.165, 1.54) is 5.56 Å². The standard InChI is InChI=1S/C22H28N4O3/c1-17-6-8-18(9-7-17)21-26-19(15-29-21)10-12-25-22(23-2)24-11-4-13-27-16-20-5-3-14-28-20/h3,5-9,14-15H,4,10-13,16H2,1-2H3,(H2,23,24,25). The van der Waals surface area contributed by atoms with E-state index in [9.17, 15) is 0 Å². The van der Waals surface area contributed by atoms with E-state index in [-0.39, 0.29) is 0 Å². The van der Waals surface area contributed by atoms with E-state index in [1.54, 1.807) is 19.6 Å². The molecule has 0 spiro atoms. The lowest BCUT2D eigenvalue weighted by Gasteiger charge is -2.11. The maximum Gasteiger partial charge on any atom is 0.226 e. The Balaban J connectivity index is 1.31. The number of ether oxygens (including phenoxy) is 1. The summed E-state index contributed by atoms with van der Waals surface area (Å²) in [7, 11) is 1.76. The summed E-state index contributed by atoms with van der Waals surface area (Å²) < 4.78 is 16.4. The molecule has 0 amide bonds. The number of aromatic nitrogens is 1. The third-order valence-electron chi connectivity index (χ3n) is 4.33. The quantitative estimate of drug-likeness (QED) is 0.310. The van der Waals surface area contributed by atoms with Gasteiger partial charge in [0, 0.05) is 38.7 Å². The van der Waals surface area contributed by atoms with Gasteiger partial charge in [0.15, 0.2) is 5.96 Å². The summed E-state index contributed by atoms with van der Waals surface area (Å²) in [5.74, 6) is 2.25. The number of hydrogen-bond acceptors (Lipinski definition) is 5. The summed E-state index contributed by atoms with van der Waals surface area (Å²) in [6, 6.07) is 11.9. The minimum Gasteiger partial charge on any atom is -0.467 e. The SMILES string of the molecule is CN=C(NCCCOCc1ccco1)NCCc1coc(-c2ccc(C)cc2)n1. The van der Waals surface area contributed by atoms with Gasteiger partial charge in [0.1, 0.15) is 18.6 Å². The Kier molecular flexibility index (Phi) is 7.89. The van der Waals surface area contributed by atoms with Crippen molar-refractivity contribution in [3.63, 3.8) is 0 Å². The first-order chi connectivity index (χ1) is 14.2. The number of aliphatic imine (C=N–C) groups is 1. The zero-order valence-corrected chi connectivity index (χ0v) is 17.0. The van der Waals surface area contributed by atoms with Gasteiger partial charge in [0.2, 0.25) is 5.89 Å². The first kappa shape index (κ1) is 20.7. The smallest absolute Gasteiger partial charge is 0.226 e. The van der Waals surface area contributed by atoms with E-state index >= 15 is 0 Å². The average Bonchev–Trinajstić information content (AvgIpc) is 3.42. The summed E-state index contributed by atoms with van der Waals surface area (Å²) >= 11 is 0. The van der Waals surface area contributed by atoms with Gasteiger partial charge in [-0.2, -0.15) is 0 Å². The normalized spacial score (nSPS) is 11.6. The Labute approximate surface area is 171 Å². The molecule has 154 valence electrons. The molecule has 3 aromatic rings. The third kappa shape index (κ3) is 6.80. The summed E-state index contributed by atoms with van der Waals surface area (Å²) in [6.07, 6.45) is 4.99. The largest absolute Gasteiger partial charge is 0.467 e. The molecule has 0 saturated carbocycles. The molecule has 2 aromatic heterocycles. The third-order valence-corrected chi connectivity index (χ3v) is 4.33. The van der Waals surface area contributed by atoms with E-state index < -0.39 is 0 Å². The zero-order chi connectivity index (χ0) is 20.3. The molecule has 1 aromatic carbocycles. The second-order valence-electron chi connectivity index (χ2n) is 6.67. The maximum atomic E-state index is 5.60. The fourth-order valence-corrected chi connectivity index (χ4v) is 2.73. The van der Waals surface area contributed by atoms with Crippen LogP contribution in [0.25, 0.3) is 11.5 Å². The molecule has 2 heterocycles. The number of aryl methyl sites for hydroxylation is 1. The Morgan fingerprint density at radius 1 is 1.10 bits per heavy atom. The molecule has 3 rings (SSSR count). The van der Waals surface area contributed by atoms with Crippen molar-refractivity contribution < 1.29 is 13.6 Å². The highest BCUT2D eigenvalue weighted by molar-refractivity contribution is 5.79. The Hall–Kier alpha value is -3.06. The molecule has 0 unspecified atom stereocenters. The zero-order valence-electron chi connectivity index (χ0n) is 17.0. The predicted molar refractivity (Wildman–Crippen MR) is 113 cm³/mol. The van der Waals surface area contributed by atoms with E-state index in [0.29, 0.717) is 25.6 Å². The number of oxazole rings is 1. The van der Waals surface area contributed by atoms with Crippen LogP contribution in [-0.2, 0) is 17.8 Å². The second-order valence-corrected chi connectivity index (χ2v) is 6.67. The van der Waals surface area contributed by atoms with Crippen molar-refractivity contribution in [2.75, 3.05) is 26.7 Å². The minimum absolute atomic E-state index is 0.502. The van der Waals surface area contributed by atoms with Gasteiger partial charge in [-0.25, -0.2) is 4.98 Å². The van der Waals surface area contributed by atoms with Crippen molar-refractivity contribution >= 4 is 5.96 Å². The van der Waals surface area contributed by atoms with E-state index in [1.807, 2.05) is 24.3 Å². The number of guanidine groups is 1. The van der Waals surface area contributed by atoms with E-state index in [4.69, 9.17) is 13.6 Å². The highest BCUT2D eigenvalue weighted by Crippen LogP contribution is 2.19. The molecule has 2 N–H and O–H groups in total. The number of hydrogen-bond donors (Lipinski definition) is 2. The predicted octanol–water partition coefficient (Wildman–Crippen LogP) is 3.56. The second kappa shape index (κ2) is 11.1. The molecule has 0 aliphatic rings. The number of furan rings is 1. The Morgan fingerprint density at radius 3 is 2.69 bits per heavy atom. The van der Waals surface area contributed by atoms with Gasteiger partial charge in [-0.15, -0.1) is 0 Å². The Bertz CT molecular complexity index is 870. The van der Waals surface area contributed by atoms with Crippen LogP contribution in [0.15, 0.2) is 62.8 Å². The lowest BCUT2D eigenvalue weighted by atomic mass is 10.1. The summed E-state index contributed by atoms with van der Waals surface area (Å²) in [5.41, 5.74) is 3.11. The lowest BCUT2D eigenvalue weighted by molar-refractivity contribution is 0.105. The summed E-state index contributed by atoms with van der Waals surface area (Å²) in [6.45, 7) is 4.72. The number of rotatable bonds is 10. The minimum atomic E-state index is 0.502. The van der Waals surface area contributed by atoms with Crippen LogP contribution in [0, 0.1) is 6.92 Å². The number of benzene rings is 1. The van der Waals surface area contributed by atoms with Gasteiger partial charge >= 0.3 is 0 Å². The van der Waals surface area contributed by atoms with Gasteiger partial charge < -0.3 is 24.2 Å². The van der Waals surface area contributed by atoms with Gasteiger partial charge in [0.05, 0.1) is 12.0 Å². The van der Waals surface area contributed by atoms with Crippen LogP contribution in [0.5, 0.6) is 0 Å². The topological polar surface area (TPSA) is 84.8 Å². The maximum absolute atomic E-state index is 5.60. The highest BCUT2D eigenvalue weighted by Gasteiger charge is 2.07. The molecule has 29 heavy (non-hydrogen) atoms. The van der Waals surface area contributed by atoms with Crippen molar-refractivity contribution in [2.45, 2.75) is 26.4 Å². The first-order valence-corrected chi connectivity index (χ1v) is 9.80. The molecule has 0 fully saturated rings. The fourth-order valence-electron chi connectivity index (χ4n) is 2.73. The van der Waals surface area contributed by atoms with Crippen molar-refractivity contribution in [3.05, 3.63) is 65.9 Å². The Morgan fingerprint density at radius 2 is 1.93 bits per heavy atom. The highest BCUT2D eigenvalue weighted by atomic mass is 16.5. The summed E-state index contributed by atoms with van der Waals surface area (Å²) in [5, 5.41) is 6.57. The monoisotopic (exact) mass is 396 g/mol. The van der Waals surface area contributed by atoms with Gasteiger partial charge in [0.25, 0.3) is 0 Å². The molecule has 0 atom stereocenters. The van der Waals surface area contributed by atoms with Crippen LogP contribution in [0.3, 0.4) is 0 Å². The van der Waals surface area contributed by atoms with Crippen LogP contribution in [0.1, 0.15) is 23.4 Å². The van der Waals surface area contributed by atoms with Gasteiger partial charge in [-0.1, -0.05) is 17.7 Å². The molecule has 0 aliphatic carbocycles. The molecule has 0 aliphatic heterocycles. The van der Waals surface area contributed by atoms with Crippen LogP contribution in [-0.4, -0.2) is 37.7 Å². The van der Waals surface area contributed by atoms with Gasteiger partial charge in [-0.05, 0) is 37.6 Å². The molecule has 0 saturated heterocycles. The van der Waals surface area contributed by atoms with E-state index in [2.05, 4.69) is 39.7 Å². The molecule has 7 heteroatoms. The van der Waals surface area contributed by atoms with Crippen LogP contribution < -0.4 is 10.6 Å². The van der Waals surface area contributed by atoms with E-state index in [0.717, 1.165) is 42.4 Å². The average molecular weight is 396 g/mol. The van der Waals surface area contributed by atoms with Crippen molar-refractivity contribution in [1.29, 1.82) is 0 Å². The van der Waals surface area contributed by atoms with Crippen LogP contribution >= 0.6 is 0 Å².